The van der Waals surface area contributed by atoms with Gasteiger partial charge in [-0.3, -0.25) is 4.79 Å². The molecule has 0 aromatic rings. The Morgan fingerprint density at radius 2 is 2.29 bits per heavy atom. The molecule has 0 spiro atoms. The fourth-order valence-corrected chi connectivity index (χ4v) is 3.48. The van der Waals surface area contributed by atoms with E-state index in [9.17, 15) is 9.59 Å². The second-order valence-corrected chi connectivity index (χ2v) is 5.94. The summed E-state index contributed by atoms with van der Waals surface area (Å²) < 4.78 is 0. The van der Waals surface area contributed by atoms with Crippen LogP contribution >= 0.6 is 11.8 Å². The summed E-state index contributed by atoms with van der Waals surface area (Å²) in [6.45, 7) is 3.25. The van der Waals surface area contributed by atoms with Crippen LogP contribution in [0.5, 0.6) is 0 Å². The van der Waals surface area contributed by atoms with Crippen LogP contribution in [0.1, 0.15) is 19.8 Å². The summed E-state index contributed by atoms with van der Waals surface area (Å²) in [5.41, 5.74) is -0.560. The van der Waals surface area contributed by atoms with Gasteiger partial charge in [0.1, 0.15) is 6.04 Å². The number of thioether (sulfide) groups is 1. The molecule has 1 amide bonds. The molecule has 2 aliphatic rings. The molecule has 0 bridgehead atoms. The van der Waals surface area contributed by atoms with Gasteiger partial charge >= 0.3 is 5.97 Å². The Bertz CT molecular complexity index is 329. The zero-order valence-corrected chi connectivity index (χ0v) is 10.8. The van der Waals surface area contributed by atoms with Gasteiger partial charge in [0.2, 0.25) is 5.91 Å². The first-order valence-corrected chi connectivity index (χ1v) is 7.07. The van der Waals surface area contributed by atoms with Crippen molar-refractivity contribution in [3.63, 3.8) is 0 Å². The number of nitrogens with zero attached hydrogens (tertiary/aromatic N) is 1. The lowest BCUT2D eigenvalue weighted by atomic mass is 9.97. The number of nitrogens with one attached hydrogen (secondary N) is 1. The van der Waals surface area contributed by atoms with Gasteiger partial charge in [-0.25, -0.2) is 4.79 Å². The highest BCUT2D eigenvalue weighted by atomic mass is 32.2. The zero-order valence-electron chi connectivity index (χ0n) is 9.94. The van der Waals surface area contributed by atoms with Crippen molar-refractivity contribution in [3.05, 3.63) is 0 Å². The molecular weight excluding hydrogens is 240 g/mol. The van der Waals surface area contributed by atoms with Gasteiger partial charge in [0.15, 0.2) is 0 Å². The van der Waals surface area contributed by atoms with Crippen LogP contribution in [0.3, 0.4) is 0 Å². The van der Waals surface area contributed by atoms with E-state index in [1.807, 2.05) is 6.92 Å². The summed E-state index contributed by atoms with van der Waals surface area (Å²) >= 11 is 1.60. The molecule has 2 fully saturated rings. The average Bonchev–Trinajstić information content (AvgIpc) is 2.76. The molecule has 17 heavy (non-hydrogen) atoms. The lowest BCUT2D eigenvalue weighted by molar-refractivity contribution is -0.151. The molecule has 5 nitrogen and oxygen atoms in total. The summed E-state index contributed by atoms with van der Waals surface area (Å²) in [4.78, 5) is 25.1. The van der Waals surface area contributed by atoms with Gasteiger partial charge in [-0.2, -0.15) is 11.8 Å². The third-order valence-electron chi connectivity index (χ3n) is 3.52. The van der Waals surface area contributed by atoms with Crippen LogP contribution in [0.25, 0.3) is 0 Å². The summed E-state index contributed by atoms with van der Waals surface area (Å²) in [7, 11) is 0. The molecule has 6 heteroatoms. The van der Waals surface area contributed by atoms with E-state index in [4.69, 9.17) is 5.11 Å². The quantitative estimate of drug-likeness (QED) is 0.738. The minimum Gasteiger partial charge on any atom is -0.480 e. The molecule has 96 valence electrons. The van der Waals surface area contributed by atoms with E-state index in [0.717, 1.165) is 25.1 Å². The van der Waals surface area contributed by atoms with E-state index >= 15 is 0 Å². The van der Waals surface area contributed by atoms with E-state index in [1.165, 1.54) is 4.90 Å². The van der Waals surface area contributed by atoms with Crippen molar-refractivity contribution < 1.29 is 14.7 Å². The highest BCUT2D eigenvalue weighted by Crippen LogP contribution is 2.25. The molecule has 2 heterocycles. The minimum atomic E-state index is -0.896. The molecule has 2 rings (SSSR count). The number of carboxylic acids is 1. The third kappa shape index (κ3) is 2.42. The molecule has 2 aliphatic heterocycles. The number of amides is 1. The highest BCUT2D eigenvalue weighted by molar-refractivity contribution is 7.99. The average molecular weight is 258 g/mol. The molecule has 2 unspecified atom stereocenters. The van der Waals surface area contributed by atoms with Crippen LogP contribution in [0.4, 0.5) is 0 Å². The highest BCUT2D eigenvalue weighted by Gasteiger charge is 2.43. The number of aliphatic carboxylic acids is 1. The Morgan fingerprint density at radius 1 is 1.53 bits per heavy atom. The Labute approximate surface area is 105 Å². The number of rotatable bonds is 2. The van der Waals surface area contributed by atoms with E-state index in [2.05, 4.69) is 5.32 Å². The number of hydrogen-bond acceptors (Lipinski definition) is 4. The van der Waals surface area contributed by atoms with Crippen molar-refractivity contribution in [2.45, 2.75) is 31.3 Å². The standard InChI is InChI=1S/C11H18N2O3S/c1-11(3-2-4-12-11)10(16)13-5-6-17-7-8(13)9(14)15/h8,12H,2-7H2,1H3,(H,14,15). The van der Waals surface area contributed by atoms with E-state index in [-0.39, 0.29) is 5.91 Å². The zero-order chi connectivity index (χ0) is 12.5. The summed E-state index contributed by atoms with van der Waals surface area (Å²) in [5, 5.41) is 12.4. The van der Waals surface area contributed by atoms with Gasteiger partial charge in [-0.15, -0.1) is 0 Å². The molecule has 2 atom stereocenters. The lowest BCUT2D eigenvalue weighted by Crippen LogP contribution is -2.59. The molecule has 0 aromatic carbocycles. The van der Waals surface area contributed by atoms with Crippen LogP contribution in [0.15, 0.2) is 0 Å². The number of carbonyl (C=O) groups is 2. The SMILES string of the molecule is CC1(C(=O)N2CCSCC2C(=O)O)CCCN1. The van der Waals surface area contributed by atoms with Crippen LogP contribution in [-0.4, -0.2) is 58.1 Å². The maximum absolute atomic E-state index is 12.4. The monoisotopic (exact) mass is 258 g/mol. The maximum Gasteiger partial charge on any atom is 0.327 e. The second kappa shape index (κ2) is 4.86. The van der Waals surface area contributed by atoms with E-state index < -0.39 is 17.6 Å². The number of carboxylic acid groups (broad SMARTS) is 1. The molecule has 0 aliphatic carbocycles. The topological polar surface area (TPSA) is 69.6 Å². The normalized spacial score (nSPS) is 33.7. The van der Waals surface area contributed by atoms with Crippen molar-refractivity contribution >= 4 is 23.6 Å². The summed E-state index contributed by atoms with van der Waals surface area (Å²) in [5.74, 6) is 0.373. The molecule has 0 saturated carbocycles. The Hall–Kier alpha value is -0.750. The van der Waals surface area contributed by atoms with Gasteiger partial charge in [-0.1, -0.05) is 0 Å². The Balaban J connectivity index is 2.13. The second-order valence-electron chi connectivity index (χ2n) is 4.79. The van der Waals surface area contributed by atoms with Crippen molar-refractivity contribution in [1.29, 1.82) is 0 Å². The first-order chi connectivity index (χ1) is 8.04. The van der Waals surface area contributed by atoms with E-state index in [1.54, 1.807) is 11.8 Å². The van der Waals surface area contributed by atoms with Gasteiger partial charge in [0, 0.05) is 18.1 Å². The van der Waals surface area contributed by atoms with Crippen molar-refractivity contribution in [2.75, 3.05) is 24.6 Å². The largest absolute Gasteiger partial charge is 0.480 e. The van der Waals surface area contributed by atoms with Crippen LogP contribution in [0, 0.1) is 0 Å². The molecule has 2 saturated heterocycles. The predicted octanol–water partition coefficient (Wildman–Crippen LogP) is 0.157. The molecule has 0 aromatic heterocycles. The fraction of sp³-hybridized carbons (Fsp3) is 0.818. The maximum atomic E-state index is 12.4. The molecular formula is C11H18N2O3S. The first-order valence-electron chi connectivity index (χ1n) is 5.91. The molecule has 2 N–H and O–H groups in total. The third-order valence-corrected chi connectivity index (χ3v) is 4.54. The molecule has 0 radical (unpaired) electrons. The van der Waals surface area contributed by atoms with Crippen LogP contribution in [-0.2, 0) is 9.59 Å². The van der Waals surface area contributed by atoms with Crippen molar-refractivity contribution in [1.82, 2.24) is 10.2 Å². The van der Waals surface area contributed by atoms with Crippen LogP contribution in [0.2, 0.25) is 0 Å². The van der Waals surface area contributed by atoms with Crippen molar-refractivity contribution in [2.24, 2.45) is 0 Å². The number of carbonyl (C=O) groups excluding carboxylic acids is 1. The van der Waals surface area contributed by atoms with Gasteiger partial charge < -0.3 is 15.3 Å². The van der Waals surface area contributed by atoms with Crippen molar-refractivity contribution in [3.8, 4) is 0 Å². The van der Waals surface area contributed by atoms with Gasteiger partial charge in [0.05, 0.1) is 5.54 Å². The van der Waals surface area contributed by atoms with Gasteiger partial charge in [0.25, 0.3) is 0 Å². The fourth-order valence-electron chi connectivity index (χ4n) is 2.45. The summed E-state index contributed by atoms with van der Waals surface area (Å²) in [6.07, 6.45) is 1.77. The van der Waals surface area contributed by atoms with Gasteiger partial charge in [-0.05, 0) is 26.3 Å². The van der Waals surface area contributed by atoms with E-state index in [0.29, 0.717) is 12.3 Å². The Kier molecular flexibility index (Phi) is 3.63. The minimum absolute atomic E-state index is 0.0531. The predicted molar refractivity (Wildman–Crippen MR) is 66.1 cm³/mol. The summed E-state index contributed by atoms with van der Waals surface area (Å²) in [6, 6.07) is -0.666. The first kappa shape index (κ1) is 12.7. The number of hydrogen-bond donors (Lipinski definition) is 2. The Morgan fingerprint density at radius 3 is 2.88 bits per heavy atom. The smallest absolute Gasteiger partial charge is 0.327 e. The van der Waals surface area contributed by atoms with Crippen LogP contribution < -0.4 is 5.32 Å². The lowest BCUT2D eigenvalue weighted by Gasteiger charge is -2.38.